The molecule has 8 heteroatoms. The Morgan fingerprint density at radius 2 is 1.89 bits per heavy atom. The molecule has 0 aliphatic carbocycles. The number of sulfonamides is 1. The molecule has 0 atom stereocenters. The van der Waals surface area contributed by atoms with Gasteiger partial charge in [0.15, 0.2) is 5.89 Å². The number of aromatic nitrogens is 1. The first-order valence-corrected chi connectivity index (χ1v) is 10.2. The summed E-state index contributed by atoms with van der Waals surface area (Å²) in [5, 5.41) is 9.44. The zero-order chi connectivity index (χ0) is 20.3. The number of carboxylic acid groups (broad SMARTS) is 1. The van der Waals surface area contributed by atoms with Crippen LogP contribution in [-0.4, -0.2) is 24.5 Å². The van der Waals surface area contributed by atoms with Crippen LogP contribution >= 0.6 is 0 Å². The number of anilines is 1. The molecule has 0 radical (unpaired) electrons. The Morgan fingerprint density at radius 1 is 1.18 bits per heavy atom. The molecule has 0 aliphatic rings. The van der Waals surface area contributed by atoms with Crippen molar-refractivity contribution in [2.24, 2.45) is 0 Å². The third-order valence-electron chi connectivity index (χ3n) is 4.18. The number of carboxylic acids is 1. The second-order valence-electron chi connectivity index (χ2n) is 6.32. The van der Waals surface area contributed by atoms with E-state index >= 15 is 0 Å². The highest BCUT2D eigenvalue weighted by atomic mass is 32.2. The molecule has 3 rings (SSSR count). The van der Waals surface area contributed by atoms with Gasteiger partial charge in [0.2, 0.25) is 0 Å². The summed E-state index contributed by atoms with van der Waals surface area (Å²) in [4.78, 5) is 15.8. The van der Waals surface area contributed by atoms with Crippen molar-refractivity contribution in [2.75, 3.05) is 4.72 Å². The van der Waals surface area contributed by atoms with Crippen LogP contribution in [0.25, 0.3) is 11.3 Å². The maximum absolute atomic E-state index is 12.7. The second-order valence-corrected chi connectivity index (χ2v) is 8.00. The zero-order valence-electron chi connectivity index (χ0n) is 15.5. The lowest BCUT2D eigenvalue weighted by atomic mass is 10.1. The molecule has 0 saturated carbocycles. The van der Waals surface area contributed by atoms with Gasteiger partial charge >= 0.3 is 5.97 Å². The Labute approximate surface area is 163 Å². The van der Waals surface area contributed by atoms with Crippen molar-refractivity contribution < 1.29 is 22.7 Å². The standard InChI is InChI=1S/C20H20N2O5S/c1-3-4-14-5-10-18(17(11-14)20(23)24)22-28(25,26)16-8-6-15(7-9-16)19-12-27-13(2)21-19/h5-12,22H,3-4H2,1-2H3,(H,23,24). The molecular weight excluding hydrogens is 380 g/mol. The fourth-order valence-corrected chi connectivity index (χ4v) is 3.89. The van der Waals surface area contributed by atoms with Gasteiger partial charge in [0.05, 0.1) is 16.1 Å². The number of benzene rings is 2. The first-order valence-electron chi connectivity index (χ1n) is 8.72. The number of rotatable bonds is 7. The van der Waals surface area contributed by atoms with E-state index in [0.29, 0.717) is 17.1 Å². The Bertz CT molecular complexity index is 1100. The van der Waals surface area contributed by atoms with Crippen LogP contribution < -0.4 is 4.72 Å². The first-order chi connectivity index (χ1) is 13.3. The summed E-state index contributed by atoms with van der Waals surface area (Å²) >= 11 is 0. The Hall–Kier alpha value is -3.13. The molecule has 2 N–H and O–H groups in total. The number of nitrogens with zero attached hydrogens (tertiary/aromatic N) is 1. The van der Waals surface area contributed by atoms with E-state index < -0.39 is 16.0 Å². The average Bonchev–Trinajstić information content (AvgIpc) is 3.09. The van der Waals surface area contributed by atoms with Crippen molar-refractivity contribution in [3.8, 4) is 11.3 Å². The number of aromatic carboxylic acids is 1. The number of hydrogen-bond donors (Lipinski definition) is 2. The first kappa shape index (κ1) is 19.6. The molecule has 0 spiro atoms. The van der Waals surface area contributed by atoms with Gasteiger partial charge in [-0.15, -0.1) is 0 Å². The predicted octanol–water partition coefficient (Wildman–Crippen LogP) is 4.10. The fourth-order valence-electron chi connectivity index (χ4n) is 2.81. The number of hydrogen-bond acceptors (Lipinski definition) is 5. The van der Waals surface area contributed by atoms with Crippen LogP contribution in [0, 0.1) is 6.92 Å². The van der Waals surface area contributed by atoms with E-state index in [9.17, 15) is 18.3 Å². The van der Waals surface area contributed by atoms with Crippen LogP contribution in [0.3, 0.4) is 0 Å². The molecule has 28 heavy (non-hydrogen) atoms. The lowest BCUT2D eigenvalue weighted by molar-refractivity contribution is 0.0698. The maximum Gasteiger partial charge on any atom is 0.337 e. The van der Waals surface area contributed by atoms with Crippen LogP contribution in [0.1, 0.15) is 35.2 Å². The summed E-state index contributed by atoms with van der Waals surface area (Å²) in [6, 6.07) is 10.8. The quantitative estimate of drug-likeness (QED) is 0.618. The maximum atomic E-state index is 12.7. The van der Waals surface area contributed by atoms with Crippen molar-refractivity contribution >= 4 is 21.7 Å². The minimum absolute atomic E-state index is 0.0189. The van der Waals surface area contributed by atoms with Crippen molar-refractivity contribution in [1.82, 2.24) is 4.98 Å². The van der Waals surface area contributed by atoms with Gasteiger partial charge in [-0.3, -0.25) is 4.72 Å². The Balaban J connectivity index is 1.88. The lowest BCUT2D eigenvalue weighted by Crippen LogP contribution is -2.15. The summed E-state index contributed by atoms with van der Waals surface area (Å²) < 4.78 is 32.9. The SMILES string of the molecule is CCCc1ccc(NS(=O)(=O)c2ccc(-c3coc(C)n3)cc2)c(C(=O)O)c1. The molecule has 3 aromatic rings. The summed E-state index contributed by atoms with van der Waals surface area (Å²) in [6.07, 6.45) is 3.08. The molecule has 0 unspecified atom stereocenters. The summed E-state index contributed by atoms with van der Waals surface area (Å²) in [6.45, 7) is 3.71. The molecule has 0 amide bonds. The van der Waals surface area contributed by atoms with Gasteiger partial charge in [-0.2, -0.15) is 0 Å². The van der Waals surface area contributed by atoms with Crippen LogP contribution in [0.5, 0.6) is 0 Å². The highest BCUT2D eigenvalue weighted by Gasteiger charge is 2.19. The normalized spacial score (nSPS) is 11.4. The zero-order valence-corrected chi connectivity index (χ0v) is 16.3. The van der Waals surface area contributed by atoms with Gasteiger partial charge in [0, 0.05) is 12.5 Å². The van der Waals surface area contributed by atoms with Crippen LogP contribution in [0.4, 0.5) is 5.69 Å². The van der Waals surface area contributed by atoms with E-state index in [1.165, 1.54) is 30.5 Å². The predicted molar refractivity (Wildman–Crippen MR) is 105 cm³/mol. The lowest BCUT2D eigenvalue weighted by Gasteiger charge is -2.12. The molecule has 0 aliphatic heterocycles. The molecule has 2 aromatic carbocycles. The highest BCUT2D eigenvalue weighted by Crippen LogP contribution is 2.25. The molecule has 1 aromatic heterocycles. The number of aryl methyl sites for hydroxylation is 2. The summed E-state index contributed by atoms with van der Waals surface area (Å²) in [5.74, 6) is -0.673. The van der Waals surface area contributed by atoms with Gasteiger partial charge in [-0.1, -0.05) is 31.5 Å². The fraction of sp³-hybridized carbons (Fsp3) is 0.200. The van der Waals surface area contributed by atoms with Crippen molar-refractivity contribution in [3.05, 3.63) is 65.7 Å². The number of nitrogens with one attached hydrogen (secondary N) is 1. The van der Waals surface area contributed by atoms with Crippen molar-refractivity contribution in [2.45, 2.75) is 31.6 Å². The Kier molecular flexibility index (Phi) is 5.51. The third kappa shape index (κ3) is 4.23. The van der Waals surface area contributed by atoms with E-state index in [1.807, 2.05) is 6.92 Å². The van der Waals surface area contributed by atoms with E-state index in [-0.39, 0.29) is 16.1 Å². The van der Waals surface area contributed by atoms with Gasteiger partial charge in [-0.25, -0.2) is 18.2 Å². The van der Waals surface area contributed by atoms with E-state index in [1.54, 1.807) is 25.1 Å². The van der Waals surface area contributed by atoms with E-state index in [0.717, 1.165) is 18.4 Å². The van der Waals surface area contributed by atoms with Crippen LogP contribution in [-0.2, 0) is 16.4 Å². The molecule has 0 bridgehead atoms. The van der Waals surface area contributed by atoms with E-state index in [4.69, 9.17) is 4.42 Å². The molecule has 7 nitrogen and oxygen atoms in total. The highest BCUT2D eigenvalue weighted by molar-refractivity contribution is 7.92. The van der Waals surface area contributed by atoms with Crippen LogP contribution in [0.2, 0.25) is 0 Å². The monoisotopic (exact) mass is 400 g/mol. The smallest absolute Gasteiger partial charge is 0.337 e. The topological polar surface area (TPSA) is 110 Å². The number of carbonyl (C=O) groups is 1. The molecule has 0 saturated heterocycles. The minimum atomic E-state index is -3.95. The largest absolute Gasteiger partial charge is 0.478 e. The molecule has 146 valence electrons. The minimum Gasteiger partial charge on any atom is -0.478 e. The molecule has 1 heterocycles. The van der Waals surface area contributed by atoms with Crippen molar-refractivity contribution in [3.63, 3.8) is 0 Å². The van der Waals surface area contributed by atoms with Crippen molar-refractivity contribution in [1.29, 1.82) is 0 Å². The van der Waals surface area contributed by atoms with Gasteiger partial charge in [-0.05, 0) is 36.2 Å². The second kappa shape index (κ2) is 7.85. The third-order valence-corrected chi connectivity index (χ3v) is 5.56. The van der Waals surface area contributed by atoms with Gasteiger partial charge in [0.1, 0.15) is 12.0 Å². The van der Waals surface area contributed by atoms with Gasteiger partial charge < -0.3 is 9.52 Å². The van der Waals surface area contributed by atoms with Gasteiger partial charge in [0.25, 0.3) is 10.0 Å². The molecular formula is C20H20N2O5S. The van der Waals surface area contributed by atoms with E-state index in [2.05, 4.69) is 9.71 Å². The molecule has 0 fully saturated rings. The summed E-state index contributed by atoms with van der Waals surface area (Å²) in [7, 11) is -3.95. The average molecular weight is 400 g/mol. The Morgan fingerprint density at radius 3 is 2.46 bits per heavy atom. The van der Waals surface area contributed by atoms with Crippen LogP contribution in [0.15, 0.2) is 58.0 Å². The number of oxazole rings is 1. The summed E-state index contributed by atoms with van der Waals surface area (Å²) in [5.41, 5.74) is 2.11.